The Morgan fingerprint density at radius 1 is 1.07 bits per heavy atom. The van der Waals surface area contributed by atoms with Crippen molar-refractivity contribution in [3.8, 4) is 5.75 Å². The molecule has 0 fully saturated rings. The van der Waals surface area contributed by atoms with Gasteiger partial charge in [0.1, 0.15) is 11.6 Å². The van der Waals surface area contributed by atoms with Crippen molar-refractivity contribution < 1.29 is 22.3 Å². The molecule has 28 heavy (non-hydrogen) atoms. The van der Waals surface area contributed by atoms with Gasteiger partial charge in [-0.2, -0.15) is 0 Å². The third kappa shape index (κ3) is 6.31. The highest BCUT2D eigenvalue weighted by atomic mass is 32.2. The van der Waals surface area contributed by atoms with Gasteiger partial charge in [-0.05, 0) is 55.3 Å². The second kappa shape index (κ2) is 10.2. The Kier molecular flexibility index (Phi) is 7.95. The summed E-state index contributed by atoms with van der Waals surface area (Å²) in [5.41, 5.74) is 2.71. The number of hydrogen-bond acceptors (Lipinski definition) is 4. The second-order valence-electron chi connectivity index (χ2n) is 6.40. The van der Waals surface area contributed by atoms with Gasteiger partial charge >= 0.3 is 0 Å². The maximum absolute atomic E-state index is 13.6. The van der Waals surface area contributed by atoms with Crippen molar-refractivity contribution in [2.24, 2.45) is 0 Å². The highest BCUT2D eigenvalue weighted by molar-refractivity contribution is 7.89. The van der Waals surface area contributed by atoms with Crippen LogP contribution in [0.3, 0.4) is 0 Å². The summed E-state index contributed by atoms with van der Waals surface area (Å²) in [7, 11) is -4.08. The zero-order valence-corrected chi connectivity index (χ0v) is 16.8. The second-order valence-corrected chi connectivity index (χ2v) is 8.09. The minimum Gasteiger partial charge on any atom is -0.494 e. The average Bonchev–Trinajstić information content (AvgIpc) is 2.68. The molecule has 6 nitrogen and oxygen atoms in total. The van der Waals surface area contributed by atoms with Gasteiger partial charge in [0.2, 0.25) is 0 Å². The molecule has 2 aromatic carbocycles. The molecule has 0 unspecified atom stereocenters. The van der Waals surface area contributed by atoms with Crippen LogP contribution >= 0.6 is 0 Å². The third-order valence-electron chi connectivity index (χ3n) is 4.14. The number of sulfonamides is 1. The van der Waals surface area contributed by atoms with Gasteiger partial charge in [-0.15, -0.1) is 4.83 Å². The minimum atomic E-state index is -4.08. The van der Waals surface area contributed by atoms with Gasteiger partial charge in [0, 0.05) is 5.56 Å². The molecule has 0 atom stereocenters. The van der Waals surface area contributed by atoms with Gasteiger partial charge in [0.05, 0.1) is 11.5 Å². The van der Waals surface area contributed by atoms with Crippen LogP contribution < -0.4 is 15.0 Å². The number of carbonyl (C=O) groups is 1. The summed E-state index contributed by atoms with van der Waals surface area (Å²) in [6.07, 6.45) is 4.42. The van der Waals surface area contributed by atoms with Crippen molar-refractivity contribution in [2.75, 3.05) is 6.61 Å². The van der Waals surface area contributed by atoms with Crippen LogP contribution in [0.2, 0.25) is 0 Å². The van der Waals surface area contributed by atoms with Crippen LogP contribution in [0, 0.1) is 12.7 Å². The molecule has 0 heterocycles. The predicted octanol–water partition coefficient (Wildman–Crippen LogP) is 3.72. The quantitative estimate of drug-likeness (QED) is 0.464. The lowest BCUT2D eigenvalue weighted by Gasteiger charge is -2.10. The fourth-order valence-electron chi connectivity index (χ4n) is 2.41. The van der Waals surface area contributed by atoms with E-state index in [2.05, 4.69) is 12.3 Å². The van der Waals surface area contributed by atoms with Crippen molar-refractivity contribution >= 4 is 15.9 Å². The first-order chi connectivity index (χ1) is 13.3. The van der Waals surface area contributed by atoms with E-state index in [0.29, 0.717) is 17.9 Å². The number of carbonyl (C=O) groups excluding carboxylic acids is 1. The first-order valence-corrected chi connectivity index (χ1v) is 10.6. The van der Waals surface area contributed by atoms with Gasteiger partial charge in [-0.1, -0.05) is 32.3 Å². The van der Waals surface area contributed by atoms with Gasteiger partial charge in [-0.3, -0.25) is 10.2 Å². The van der Waals surface area contributed by atoms with Crippen LogP contribution in [0.25, 0.3) is 0 Å². The van der Waals surface area contributed by atoms with Crippen molar-refractivity contribution in [1.82, 2.24) is 10.3 Å². The Balaban J connectivity index is 1.89. The lowest BCUT2D eigenvalue weighted by molar-refractivity contribution is 0.0945. The van der Waals surface area contributed by atoms with Gasteiger partial charge < -0.3 is 4.74 Å². The summed E-state index contributed by atoms with van der Waals surface area (Å²) in [5, 5.41) is 0. The molecule has 0 spiro atoms. The number of aryl methyl sites for hydroxylation is 1. The summed E-state index contributed by atoms with van der Waals surface area (Å²) >= 11 is 0. The third-order valence-corrected chi connectivity index (χ3v) is 5.38. The van der Waals surface area contributed by atoms with Crippen molar-refractivity contribution in [3.63, 3.8) is 0 Å². The number of hydrogen-bond donors (Lipinski definition) is 2. The maximum atomic E-state index is 13.6. The van der Waals surface area contributed by atoms with Crippen molar-refractivity contribution in [1.29, 1.82) is 0 Å². The zero-order valence-electron chi connectivity index (χ0n) is 16.0. The fraction of sp³-hybridized carbons (Fsp3) is 0.350. The molecule has 0 aliphatic rings. The molecule has 0 radical (unpaired) electrons. The molecule has 0 aliphatic heterocycles. The molecule has 2 rings (SSSR count). The first kappa shape index (κ1) is 21.8. The summed E-state index contributed by atoms with van der Waals surface area (Å²) in [5.74, 6) is -0.631. The molecule has 1 amide bonds. The summed E-state index contributed by atoms with van der Waals surface area (Å²) in [4.78, 5) is 13.8. The Labute approximate surface area is 165 Å². The van der Waals surface area contributed by atoms with E-state index in [-0.39, 0.29) is 10.5 Å². The molecule has 2 N–H and O–H groups in total. The molecule has 0 saturated heterocycles. The van der Waals surface area contributed by atoms with Gasteiger partial charge in [0.15, 0.2) is 0 Å². The van der Waals surface area contributed by atoms with Crippen LogP contribution in [-0.4, -0.2) is 20.9 Å². The fourth-order valence-corrected chi connectivity index (χ4v) is 3.26. The number of benzene rings is 2. The van der Waals surface area contributed by atoms with E-state index < -0.39 is 21.7 Å². The lowest BCUT2D eigenvalue weighted by atomic mass is 10.2. The van der Waals surface area contributed by atoms with E-state index in [9.17, 15) is 17.6 Å². The highest BCUT2D eigenvalue weighted by Gasteiger charge is 2.17. The van der Waals surface area contributed by atoms with Crippen molar-refractivity contribution in [3.05, 3.63) is 59.4 Å². The monoisotopic (exact) mass is 408 g/mol. The van der Waals surface area contributed by atoms with E-state index in [1.165, 1.54) is 37.6 Å². The van der Waals surface area contributed by atoms with Crippen LogP contribution in [0.5, 0.6) is 5.75 Å². The number of nitrogens with one attached hydrogen (secondary N) is 2. The Hall–Kier alpha value is -2.45. The zero-order chi connectivity index (χ0) is 20.6. The standard InChI is InChI=1S/C20H25FN2O4S/c1-3-4-5-6-13-27-17-10-8-16(9-11-17)20(24)22-23-28(25,26)18-12-7-15(2)19(21)14-18/h7-12,14,23H,3-6,13H2,1-2H3,(H,22,24). The van der Waals surface area contributed by atoms with E-state index in [1.54, 1.807) is 12.1 Å². The maximum Gasteiger partial charge on any atom is 0.266 e. The normalized spacial score (nSPS) is 11.2. The van der Waals surface area contributed by atoms with Crippen LogP contribution in [-0.2, 0) is 10.0 Å². The molecule has 0 bridgehead atoms. The topological polar surface area (TPSA) is 84.5 Å². The first-order valence-electron chi connectivity index (χ1n) is 9.14. The van der Waals surface area contributed by atoms with Crippen LogP contribution in [0.4, 0.5) is 4.39 Å². The number of amides is 1. The number of unbranched alkanes of at least 4 members (excludes halogenated alkanes) is 3. The average molecular weight is 408 g/mol. The molecule has 152 valence electrons. The summed E-state index contributed by atoms with van der Waals surface area (Å²) in [6.45, 7) is 4.28. The predicted molar refractivity (Wildman–Crippen MR) is 105 cm³/mol. The summed E-state index contributed by atoms with van der Waals surface area (Å²) in [6, 6.07) is 9.90. The number of halogens is 1. The Morgan fingerprint density at radius 2 is 1.79 bits per heavy atom. The Bertz CT molecular complexity index is 899. The van der Waals surface area contributed by atoms with E-state index in [4.69, 9.17) is 4.74 Å². The van der Waals surface area contributed by atoms with E-state index in [0.717, 1.165) is 25.3 Å². The molecular formula is C20H25FN2O4S. The van der Waals surface area contributed by atoms with Crippen LogP contribution in [0.15, 0.2) is 47.4 Å². The smallest absolute Gasteiger partial charge is 0.266 e. The molecule has 0 aromatic heterocycles. The van der Waals surface area contributed by atoms with Gasteiger partial charge in [-0.25, -0.2) is 12.8 Å². The number of rotatable bonds is 10. The lowest BCUT2D eigenvalue weighted by Crippen LogP contribution is -2.41. The van der Waals surface area contributed by atoms with E-state index in [1.807, 2.05) is 4.83 Å². The number of hydrazine groups is 1. The van der Waals surface area contributed by atoms with E-state index >= 15 is 0 Å². The summed E-state index contributed by atoms with van der Waals surface area (Å²) < 4.78 is 43.5. The molecule has 2 aromatic rings. The number of ether oxygens (including phenoxy) is 1. The molecular weight excluding hydrogens is 383 g/mol. The van der Waals surface area contributed by atoms with Crippen LogP contribution in [0.1, 0.15) is 48.5 Å². The van der Waals surface area contributed by atoms with Crippen molar-refractivity contribution in [2.45, 2.75) is 44.4 Å². The SMILES string of the molecule is CCCCCCOc1ccc(C(=O)NNS(=O)(=O)c2ccc(C)c(F)c2)cc1. The molecule has 8 heteroatoms. The largest absolute Gasteiger partial charge is 0.494 e. The van der Waals surface area contributed by atoms with Gasteiger partial charge in [0.25, 0.3) is 15.9 Å². The molecule has 0 aliphatic carbocycles. The highest BCUT2D eigenvalue weighted by Crippen LogP contribution is 2.15. The molecule has 0 saturated carbocycles. The minimum absolute atomic E-state index is 0.260. The Morgan fingerprint density at radius 3 is 2.43 bits per heavy atom.